The van der Waals surface area contributed by atoms with Crippen molar-refractivity contribution >= 4 is 26.2 Å². The molecule has 0 N–H and O–H groups in total. The van der Waals surface area contributed by atoms with E-state index in [0.717, 1.165) is 0 Å². The zero-order valence-corrected chi connectivity index (χ0v) is 5.89. The summed E-state index contributed by atoms with van der Waals surface area (Å²) < 4.78 is 3.48. The predicted octanol–water partition coefficient (Wildman–Crippen LogP) is 1.00. The van der Waals surface area contributed by atoms with Gasteiger partial charge in [-0.25, -0.2) is 0 Å². The first-order valence-electron chi connectivity index (χ1n) is 1.35. The standard InChI is InChI=1S/C3H6INO/c1-4(2)5-3-6/h1-2H3. The molecule has 0 aliphatic rings. The summed E-state index contributed by atoms with van der Waals surface area (Å²) >= 11 is -1.11. The van der Waals surface area contributed by atoms with Gasteiger partial charge in [-0.15, -0.1) is 0 Å². The molecule has 3 heteroatoms. The first-order valence-corrected chi connectivity index (χ1v) is 6.63. The van der Waals surface area contributed by atoms with Crippen LogP contribution in [0.2, 0.25) is 0 Å². The number of isocyanates is 1. The topological polar surface area (TPSA) is 29.4 Å². The number of carbonyl (C=O) groups excluding carboxylic acids is 1. The molecule has 0 fully saturated rings. The minimum atomic E-state index is -1.11. The van der Waals surface area contributed by atoms with E-state index in [0.29, 0.717) is 0 Å². The third kappa shape index (κ3) is 4.11. The third-order valence-corrected chi connectivity index (χ3v) is 1.37. The van der Waals surface area contributed by atoms with Gasteiger partial charge < -0.3 is 0 Å². The Morgan fingerprint density at radius 2 is 2.17 bits per heavy atom. The Morgan fingerprint density at radius 1 is 1.67 bits per heavy atom. The van der Waals surface area contributed by atoms with Crippen molar-refractivity contribution in [1.29, 1.82) is 0 Å². The van der Waals surface area contributed by atoms with Gasteiger partial charge in [-0.2, -0.15) is 0 Å². The number of halogens is 1. The molecule has 0 radical (unpaired) electrons. The molecule has 0 spiro atoms. The fraction of sp³-hybridized carbons (Fsp3) is 0.667. The molecule has 6 heavy (non-hydrogen) atoms. The van der Waals surface area contributed by atoms with Crippen LogP contribution < -0.4 is 0 Å². The molecule has 0 aromatic rings. The first-order chi connectivity index (χ1) is 2.77. The molecule has 0 aromatic heterocycles. The molecule has 0 aliphatic heterocycles. The van der Waals surface area contributed by atoms with E-state index in [-0.39, 0.29) is 0 Å². The molecule has 0 saturated heterocycles. The summed E-state index contributed by atoms with van der Waals surface area (Å²) in [6.45, 7) is 0. The molecule has 36 valence electrons. The van der Waals surface area contributed by atoms with Crippen LogP contribution in [0.4, 0.5) is 0 Å². The molecule has 0 unspecified atom stereocenters. The van der Waals surface area contributed by atoms with E-state index in [1.165, 1.54) is 6.08 Å². The van der Waals surface area contributed by atoms with Gasteiger partial charge in [0, 0.05) is 0 Å². The van der Waals surface area contributed by atoms with E-state index in [2.05, 4.69) is 3.21 Å². The summed E-state index contributed by atoms with van der Waals surface area (Å²) in [6, 6.07) is 0. The van der Waals surface area contributed by atoms with Crippen LogP contribution in [0, 0.1) is 0 Å². The van der Waals surface area contributed by atoms with Gasteiger partial charge in [-0.1, -0.05) is 0 Å². The van der Waals surface area contributed by atoms with Crippen molar-refractivity contribution in [2.75, 3.05) is 9.86 Å². The van der Waals surface area contributed by atoms with Gasteiger partial charge in [0.2, 0.25) is 0 Å². The zero-order chi connectivity index (χ0) is 4.99. The molecular formula is C3H6INO. The summed E-state index contributed by atoms with van der Waals surface area (Å²) in [5, 5.41) is 0. The summed E-state index contributed by atoms with van der Waals surface area (Å²) in [7, 11) is 0. The fourth-order valence-corrected chi connectivity index (χ4v) is 0.463. The fourth-order valence-electron chi connectivity index (χ4n) is 0.0690. The minimum absolute atomic E-state index is 1.11. The van der Waals surface area contributed by atoms with Gasteiger partial charge in [-0.3, -0.25) is 0 Å². The summed E-state index contributed by atoms with van der Waals surface area (Å²) in [5.74, 6) is 0. The first kappa shape index (κ1) is 6.11. The van der Waals surface area contributed by atoms with Gasteiger partial charge in [0.15, 0.2) is 0 Å². The molecule has 0 rings (SSSR count). The Hall–Kier alpha value is 0.110. The quantitative estimate of drug-likeness (QED) is 0.268. The maximum atomic E-state index is 9.36. The number of hydrogen-bond donors (Lipinski definition) is 0. The van der Waals surface area contributed by atoms with Gasteiger partial charge >= 0.3 is 44.0 Å². The van der Waals surface area contributed by atoms with Gasteiger partial charge in [0.25, 0.3) is 0 Å². The Kier molecular flexibility index (Phi) is 3.37. The second-order valence-electron chi connectivity index (χ2n) is 0.892. The molecular weight excluding hydrogens is 193 g/mol. The van der Waals surface area contributed by atoms with Crippen LogP contribution in [-0.2, 0) is 4.79 Å². The van der Waals surface area contributed by atoms with Crippen LogP contribution in [0.5, 0.6) is 0 Å². The molecule has 0 aliphatic carbocycles. The van der Waals surface area contributed by atoms with E-state index in [1.54, 1.807) is 0 Å². The second-order valence-corrected chi connectivity index (χ2v) is 5.46. The predicted molar refractivity (Wildman–Crippen MR) is 34.0 cm³/mol. The Balaban J connectivity index is 3.29. The molecule has 0 amide bonds. The van der Waals surface area contributed by atoms with E-state index in [4.69, 9.17) is 0 Å². The third-order valence-electron chi connectivity index (χ3n) is 0.204. The molecule has 2 nitrogen and oxygen atoms in total. The van der Waals surface area contributed by atoms with Crippen molar-refractivity contribution in [3.63, 3.8) is 0 Å². The normalized spacial score (nSPS) is 9.33. The molecule has 0 heterocycles. The van der Waals surface area contributed by atoms with Crippen LogP contribution in [0.25, 0.3) is 0 Å². The van der Waals surface area contributed by atoms with Crippen LogP contribution in [0.15, 0.2) is 3.21 Å². The summed E-state index contributed by atoms with van der Waals surface area (Å²) in [6.07, 6.45) is 1.51. The van der Waals surface area contributed by atoms with Gasteiger partial charge in [-0.05, 0) is 0 Å². The SMILES string of the molecule is CI(C)N=C=O. The Bertz CT molecular complexity index is 74.9. The van der Waals surface area contributed by atoms with Crippen molar-refractivity contribution in [2.24, 2.45) is 3.21 Å². The van der Waals surface area contributed by atoms with Gasteiger partial charge in [0.1, 0.15) is 0 Å². The summed E-state index contributed by atoms with van der Waals surface area (Å²) in [4.78, 5) is 13.3. The monoisotopic (exact) mass is 199 g/mol. The Labute approximate surface area is 44.4 Å². The Morgan fingerprint density at radius 3 is 2.17 bits per heavy atom. The van der Waals surface area contributed by atoms with Crippen molar-refractivity contribution in [3.05, 3.63) is 0 Å². The van der Waals surface area contributed by atoms with Crippen molar-refractivity contribution in [3.8, 4) is 0 Å². The number of nitrogens with zero attached hydrogens (tertiary/aromatic N) is 1. The van der Waals surface area contributed by atoms with Crippen LogP contribution >= 0.6 is 20.1 Å². The second kappa shape index (κ2) is 3.31. The average Bonchev–Trinajstić information content (AvgIpc) is 1.35. The zero-order valence-electron chi connectivity index (χ0n) is 3.73. The van der Waals surface area contributed by atoms with Crippen molar-refractivity contribution < 1.29 is 4.79 Å². The van der Waals surface area contributed by atoms with Crippen LogP contribution in [0.3, 0.4) is 0 Å². The number of hydrogen-bond acceptors (Lipinski definition) is 2. The van der Waals surface area contributed by atoms with E-state index < -0.39 is 20.1 Å². The number of alkyl halides is 2. The van der Waals surface area contributed by atoms with Gasteiger partial charge in [0.05, 0.1) is 0 Å². The maximum absolute atomic E-state index is 9.36. The van der Waals surface area contributed by atoms with Crippen molar-refractivity contribution in [1.82, 2.24) is 0 Å². The number of rotatable bonds is 1. The van der Waals surface area contributed by atoms with Crippen LogP contribution in [0.1, 0.15) is 0 Å². The van der Waals surface area contributed by atoms with Crippen molar-refractivity contribution in [2.45, 2.75) is 0 Å². The van der Waals surface area contributed by atoms with E-state index in [1.807, 2.05) is 9.86 Å². The summed E-state index contributed by atoms with van der Waals surface area (Å²) in [5.41, 5.74) is 0. The van der Waals surface area contributed by atoms with E-state index in [9.17, 15) is 4.79 Å². The average molecular weight is 199 g/mol. The molecule has 0 bridgehead atoms. The van der Waals surface area contributed by atoms with E-state index >= 15 is 0 Å². The molecule has 0 aromatic carbocycles. The molecule has 0 atom stereocenters. The van der Waals surface area contributed by atoms with Crippen LogP contribution in [-0.4, -0.2) is 15.9 Å². The molecule has 0 saturated carbocycles.